The van der Waals surface area contributed by atoms with Gasteiger partial charge in [0.15, 0.2) is 0 Å². The van der Waals surface area contributed by atoms with Gasteiger partial charge in [0, 0.05) is 40.2 Å². The third-order valence-electron chi connectivity index (χ3n) is 2.43. The number of nitrogens with zero attached hydrogens (tertiary/aromatic N) is 1. The van der Waals surface area contributed by atoms with Gasteiger partial charge < -0.3 is 13.8 Å². The number of carbonyl (C=O) groups excluding carboxylic acids is 1. The highest BCUT2D eigenvalue weighted by Gasteiger charge is 2.31. The van der Waals surface area contributed by atoms with Gasteiger partial charge in [-0.15, -0.1) is 0 Å². The number of ether oxygens (including phenoxy) is 1. The van der Waals surface area contributed by atoms with Gasteiger partial charge in [-0.1, -0.05) is 6.58 Å². The lowest BCUT2D eigenvalue weighted by atomic mass is 10.1. The number of carbonyl (C=O) groups is 1. The molecule has 0 aliphatic carbocycles. The van der Waals surface area contributed by atoms with Crippen molar-refractivity contribution in [2.75, 3.05) is 13.1 Å². The Labute approximate surface area is 119 Å². The summed E-state index contributed by atoms with van der Waals surface area (Å²) in [5.41, 5.74) is -0.444. The van der Waals surface area contributed by atoms with Crippen LogP contribution >= 0.6 is 30.4 Å². The quantitative estimate of drug-likeness (QED) is 0.430. The summed E-state index contributed by atoms with van der Waals surface area (Å²) in [5.74, 6) is 0.945. The summed E-state index contributed by atoms with van der Waals surface area (Å²) in [7, 11) is 1.25. The van der Waals surface area contributed by atoms with Crippen LogP contribution in [0.25, 0.3) is 0 Å². The number of halogens is 1. The zero-order valence-electron chi connectivity index (χ0n) is 10.4. The minimum Gasteiger partial charge on any atom is -0.444 e. The molecule has 17 heavy (non-hydrogen) atoms. The Morgan fingerprint density at radius 3 is 2.71 bits per heavy atom. The molecule has 1 aliphatic heterocycles. The van der Waals surface area contributed by atoms with Crippen molar-refractivity contribution in [1.29, 1.82) is 0 Å². The SMILES string of the molecule is C=C(OSI)C1CCN(C(=O)OC(C)(C)C)C1. The molecule has 1 rings (SSSR count). The molecule has 1 amide bonds. The molecule has 0 N–H and O–H groups in total. The zero-order valence-corrected chi connectivity index (χ0v) is 13.3. The van der Waals surface area contributed by atoms with Crippen LogP contribution in [0.4, 0.5) is 4.79 Å². The third kappa shape index (κ3) is 4.95. The van der Waals surface area contributed by atoms with E-state index in [4.69, 9.17) is 8.92 Å². The maximum absolute atomic E-state index is 11.8. The fourth-order valence-corrected chi connectivity index (χ4v) is 2.53. The highest BCUT2D eigenvalue weighted by Crippen LogP contribution is 2.29. The molecule has 1 atom stereocenters. The second kappa shape index (κ2) is 6.17. The number of hydrogen-bond donors (Lipinski definition) is 0. The minimum absolute atomic E-state index is 0.213. The van der Waals surface area contributed by atoms with E-state index >= 15 is 0 Å². The van der Waals surface area contributed by atoms with Crippen molar-refractivity contribution in [1.82, 2.24) is 4.90 Å². The summed E-state index contributed by atoms with van der Waals surface area (Å²) >= 11 is 2.05. The predicted molar refractivity (Wildman–Crippen MR) is 77.8 cm³/mol. The molecule has 1 saturated heterocycles. The van der Waals surface area contributed by atoms with E-state index in [1.165, 1.54) is 9.21 Å². The van der Waals surface area contributed by atoms with Crippen molar-refractivity contribution in [3.8, 4) is 0 Å². The maximum atomic E-state index is 11.8. The normalized spacial score (nSPS) is 20.2. The molecule has 1 unspecified atom stereocenters. The standard InChI is InChI=1S/C11H18INO3S/c1-8(16-17-12)9-5-6-13(7-9)10(14)15-11(2,3)4/h9H,1,5-7H2,2-4H3. The van der Waals surface area contributed by atoms with Crippen molar-refractivity contribution in [2.24, 2.45) is 5.92 Å². The van der Waals surface area contributed by atoms with Crippen molar-refractivity contribution < 1.29 is 13.7 Å². The van der Waals surface area contributed by atoms with Crippen molar-refractivity contribution in [3.63, 3.8) is 0 Å². The fourth-order valence-electron chi connectivity index (χ4n) is 1.62. The first kappa shape index (κ1) is 14.9. The Morgan fingerprint density at radius 2 is 2.18 bits per heavy atom. The van der Waals surface area contributed by atoms with E-state index in [2.05, 4.69) is 27.8 Å². The van der Waals surface area contributed by atoms with Gasteiger partial charge in [-0.3, -0.25) is 0 Å². The van der Waals surface area contributed by atoms with Gasteiger partial charge in [0.05, 0.1) is 0 Å². The highest BCUT2D eigenvalue weighted by molar-refractivity contribution is 14.2. The lowest BCUT2D eigenvalue weighted by molar-refractivity contribution is 0.0289. The van der Waals surface area contributed by atoms with Crippen LogP contribution in [0.1, 0.15) is 27.2 Å². The Morgan fingerprint density at radius 1 is 1.53 bits per heavy atom. The lowest BCUT2D eigenvalue weighted by Gasteiger charge is -2.24. The monoisotopic (exact) mass is 371 g/mol. The van der Waals surface area contributed by atoms with E-state index in [1.807, 2.05) is 20.8 Å². The van der Waals surface area contributed by atoms with E-state index in [0.717, 1.165) is 12.2 Å². The van der Waals surface area contributed by atoms with Crippen LogP contribution in [0.3, 0.4) is 0 Å². The highest BCUT2D eigenvalue weighted by atomic mass is 127. The zero-order chi connectivity index (χ0) is 13.1. The molecule has 0 saturated carbocycles. The number of likely N-dealkylation sites (tertiary alicyclic amines) is 1. The van der Waals surface area contributed by atoms with E-state index in [1.54, 1.807) is 4.90 Å². The van der Waals surface area contributed by atoms with Crippen LogP contribution in [-0.2, 0) is 8.92 Å². The largest absolute Gasteiger partial charge is 0.444 e. The smallest absolute Gasteiger partial charge is 0.410 e. The summed E-state index contributed by atoms with van der Waals surface area (Å²) in [4.78, 5) is 13.5. The Balaban J connectivity index is 2.45. The molecule has 4 nitrogen and oxygen atoms in total. The molecule has 0 bridgehead atoms. The third-order valence-corrected chi connectivity index (χ3v) is 3.25. The van der Waals surface area contributed by atoms with Gasteiger partial charge in [-0.25, -0.2) is 4.79 Å². The van der Waals surface area contributed by atoms with Gasteiger partial charge in [0.2, 0.25) is 0 Å². The van der Waals surface area contributed by atoms with Crippen LogP contribution < -0.4 is 0 Å². The Bertz CT molecular complexity index is 304. The number of amides is 1. The number of hydrogen-bond acceptors (Lipinski definition) is 4. The summed E-state index contributed by atoms with van der Waals surface area (Å²) in [6.07, 6.45) is 0.630. The molecule has 0 aromatic carbocycles. The summed E-state index contributed by atoms with van der Waals surface area (Å²) < 4.78 is 10.6. The van der Waals surface area contributed by atoms with E-state index in [-0.39, 0.29) is 12.0 Å². The van der Waals surface area contributed by atoms with Crippen molar-refractivity contribution >= 4 is 36.5 Å². The lowest BCUT2D eigenvalue weighted by Crippen LogP contribution is -2.35. The Hall–Kier alpha value is -0.110. The molecule has 0 aromatic heterocycles. The molecule has 0 aromatic rings. The van der Waals surface area contributed by atoms with Crippen LogP contribution in [0.2, 0.25) is 0 Å². The molecular weight excluding hydrogens is 353 g/mol. The van der Waals surface area contributed by atoms with Crippen LogP contribution in [-0.4, -0.2) is 29.7 Å². The van der Waals surface area contributed by atoms with Gasteiger partial charge in [0.1, 0.15) is 20.6 Å². The predicted octanol–water partition coefficient (Wildman–Crippen LogP) is 3.77. The topological polar surface area (TPSA) is 38.8 Å². The van der Waals surface area contributed by atoms with Gasteiger partial charge in [0.25, 0.3) is 0 Å². The molecule has 1 heterocycles. The van der Waals surface area contributed by atoms with Crippen LogP contribution in [0.5, 0.6) is 0 Å². The van der Waals surface area contributed by atoms with Gasteiger partial charge in [-0.2, -0.15) is 0 Å². The molecule has 6 heteroatoms. The van der Waals surface area contributed by atoms with Crippen LogP contribution in [0, 0.1) is 5.92 Å². The second-order valence-electron chi connectivity index (χ2n) is 5.02. The molecule has 0 spiro atoms. The van der Waals surface area contributed by atoms with Gasteiger partial charge in [-0.05, 0) is 27.2 Å². The molecule has 0 radical (unpaired) electrons. The second-order valence-corrected chi connectivity index (χ2v) is 6.40. The average Bonchev–Trinajstić information content (AvgIpc) is 2.63. The first-order chi connectivity index (χ1) is 7.83. The summed E-state index contributed by atoms with van der Waals surface area (Å²) in [6, 6.07) is 0. The van der Waals surface area contributed by atoms with E-state index < -0.39 is 5.60 Å². The molecule has 98 valence electrons. The minimum atomic E-state index is -0.444. The molecular formula is C11H18INO3S. The average molecular weight is 371 g/mol. The van der Waals surface area contributed by atoms with Crippen molar-refractivity contribution in [2.45, 2.75) is 32.8 Å². The first-order valence-electron chi connectivity index (χ1n) is 5.45. The van der Waals surface area contributed by atoms with Gasteiger partial charge >= 0.3 is 6.09 Å². The van der Waals surface area contributed by atoms with E-state index in [9.17, 15) is 4.79 Å². The first-order valence-corrected chi connectivity index (χ1v) is 8.74. The van der Waals surface area contributed by atoms with Crippen molar-refractivity contribution in [3.05, 3.63) is 12.3 Å². The fraction of sp³-hybridized carbons (Fsp3) is 0.727. The van der Waals surface area contributed by atoms with Crippen LogP contribution in [0.15, 0.2) is 12.3 Å². The Kier molecular flexibility index (Phi) is 5.43. The summed E-state index contributed by atoms with van der Waals surface area (Å²) in [6.45, 7) is 10.8. The summed E-state index contributed by atoms with van der Waals surface area (Å²) in [5, 5.41) is 0. The van der Waals surface area contributed by atoms with E-state index in [0.29, 0.717) is 13.1 Å². The maximum Gasteiger partial charge on any atom is 0.410 e. The number of rotatable bonds is 3. The molecule has 1 aliphatic rings. The molecule has 1 fully saturated rings.